The molecule has 0 spiro atoms. The summed E-state index contributed by atoms with van der Waals surface area (Å²) in [4.78, 5) is 12.6. The van der Waals surface area contributed by atoms with Crippen molar-refractivity contribution in [2.24, 2.45) is 0 Å². The Labute approximate surface area is 134 Å². The van der Waals surface area contributed by atoms with Gasteiger partial charge in [-0.25, -0.2) is 0 Å². The molecule has 0 bridgehead atoms. The topological polar surface area (TPSA) is 49.3 Å². The lowest BCUT2D eigenvalue weighted by Gasteiger charge is -2.18. The first kappa shape index (κ1) is 14.0. The summed E-state index contributed by atoms with van der Waals surface area (Å²) in [5.41, 5.74) is 2.72. The van der Waals surface area contributed by atoms with Crippen molar-refractivity contribution in [1.82, 2.24) is 5.32 Å². The zero-order valence-corrected chi connectivity index (χ0v) is 12.6. The number of aliphatic hydroxyl groups is 1. The Morgan fingerprint density at radius 2 is 1.70 bits per heavy atom. The minimum atomic E-state index is -0.572. The first-order valence-corrected chi connectivity index (χ1v) is 7.78. The standard InChI is InChI=1S/C20H17NO2/c22-18-12-15-7-3-4-8-17(15)19(18)21-20(23)16-10-9-13-5-1-2-6-14(13)11-16/h1-11,18-19,22H,12H2,(H,21,23). The molecule has 0 radical (unpaired) electrons. The lowest BCUT2D eigenvalue weighted by Crippen LogP contribution is -2.33. The van der Waals surface area contributed by atoms with Gasteiger partial charge in [0.1, 0.15) is 0 Å². The van der Waals surface area contributed by atoms with Gasteiger partial charge in [0.05, 0.1) is 12.1 Å². The molecule has 0 saturated heterocycles. The molecule has 4 rings (SSSR count). The zero-order valence-electron chi connectivity index (χ0n) is 12.6. The second-order valence-corrected chi connectivity index (χ2v) is 5.98. The summed E-state index contributed by atoms with van der Waals surface area (Å²) in [6, 6.07) is 21.1. The molecule has 1 aliphatic carbocycles. The van der Waals surface area contributed by atoms with Crippen LogP contribution >= 0.6 is 0 Å². The van der Waals surface area contributed by atoms with E-state index in [1.165, 1.54) is 0 Å². The molecule has 0 aromatic heterocycles. The number of fused-ring (bicyclic) bond motifs is 2. The van der Waals surface area contributed by atoms with Gasteiger partial charge in [-0.2, -0.15) is 0 Å². The van der Waals surface area contributed by atoms with E-state index in [4.69, 9.17) is 0 Å². The average molecular weight is 303 g/mol. The van der Waals surface area contributed by atoms with Crippen LogP contribution in [-0.2, 0) is 6.42 Å². The van der Waals surface area contributed by atoms with Crippen molar-refractivity contribution in [2.75, 3.05) is 0 Å². The molecule has 1 amide bonds. The number of carbonyl (C=O) groups excluding carboxylic acids is 1. The summed E-state index contributed by atoms with van der Waals surface area (Å²) in [5.74, 6) is -0.156. The molecule has 0 heterocycles. The Morgan fingerprint density at radius 1 is 0.957 bits per heavy atom. The SMILES string of the molecule is O=C(NC1c2ccccc2CC1O)c1ccc2ccccc2c1. The van der Waals surface area contributed by atoms with Gasteiger partial charge in [-0.15, -0.1) is 0 Å². The van der Waals surface area contributed by atoms with Crippen LogP contribution in [0, 0.1) is 0 Å². The van der Waals surface area contributed by atoms with Crippen LogP contribution in [0.15, 0.2) is 66.7 Å². The maximum Gasteiger partial charge on any atom is 0.251 e. The van der Waals surface area contributed by atoms with E-state index in [-0.39, 0.29) is 11.9 Å². The molecule has 0 fully saturated rings. The second-order valence-electron chi connectivity index (χ2n) is 5.98. The summed E-state index contributed by atoms with van der Waals surface area (Å²) < 4.78 is 0. The maximum atomic E-state index is 12.6. The number of aliphatic hydroxyl groups excluding tert-OH is 1. The van der Waals surface area contributed by atoms with E-state index in [2.05, 4.69) is 5.32 Å². The number of rotatable bonds is 2. The number of hydrogen-bond donors (Lipinski definition) is 2. The predicted molar refractivity (Wildman–Crippen MR) is 90.3 cm³/mol. The first-order chi connectivity index (χ1) is 11.2. The van der Waals surface area contributed by atoms with Crippen molar-refractivity contribution in [3.05, 3.63) is 83.4 Å². The average Bonchev–Trinajstić information content (AvgIpc) is 2.90. The van der Waals surface area contributed by atoms with Gasteiger partial charge in [0, 0.05) is 12.0 Å². The minimum Gasteiger partial charge on any atom is -0.390 e. The number of nitrogens with one attached hydrogen (secondary N) is 1. The van der Waals surface area contributed by atoms with Crippen LogP contribution in [0.2, 0.25) is 0 Å². The Balaban J connectivity index is 1.62. The van der Waals surface area contributed by atoms with E-state index < -0.39 is 6.10 Å². The molecule has 3 aromatic rings. The zero-order chi connectivity index (χ0) is 15.8. The fraction of sp³-hybridized carbons (Fsp3) is 0.150. The fourth-order valence-electron chi connectivity index (χ4n) is 3.30. The second kappa shape index (κ2) is 5.52. The largest absolute Gasteiger partial charge is 0.390 e. The molecule has 2 atom stereocenters. The molecule has 0 saturated carbocycles. The maximum absolute atomic E-state index is 12.6. The molecule has 3 heteroatoms. The molecule has 2 unspecified atom stereocenters. The van der Waals surface area contributed by atoms with Crippen LogP contribution in [0.5, 0.6) is 0 Å². The lowest BCUT2D eigenvalue weighted by atomic mass is 10.0. The van der Waals surface area contributed by atoms with Crippen molar-refractivity contribution >= 4 is 16.7 Å². The fourth-order valence-corrected chi connectivity index (χ4v) is 3.30. The highest BCUT2D eigenvalue weighted by Gasteiger charge is 2.31. The summed E-state index contributed by atoms with van der Waals surface area (Å²) in [7, 11) is 0. The summed E-state index contributed by atoms with van der Waals surface area (Å²) in [6.07, 6.45) is 0.00978. The van der Waals surface area contributed by atoms with Gasteiger partial charge in [-0.3, -0.25) is 4.79 Å². The number of hydrogen-bond acceptors (Lipinski definition) is 2. The molecule has 3 aromatic carbocycles. The molecule has 114 valence electrons. The number of amides is 1. The Kier molecular flexibility index (Phi) is 3.36. The quantitative estimate of drug-likeness (QED) is 0.763. The van der Waals surface area contributed by atoms with Gasteiger partial charge >= 0.3 is 0 Å². The van der Waals surface area contributed by atoms with E-state index in [0.29, 0.717) is 12.0 Å². The highest BCUT2D eigenvalue weighted by molar-refractivity contribution is 5.98. The molecule has 3 nitrogen and oxygen atoms in total. The number of carbonyl (C=O) groups is 1. The predicted octanol–water partition coefficient (Wildman–Crippen LogP) is 3.23. The van der Waals surface area contributed by atoms with Gasteiger partial charge in [0.15, 0.2) is 0 Å². The van der Waals surface area contributed by atoms with Crippen LogP contribution < -0.4 is 5.32 Å². The van der Waals surface area contributed by atoms with Gasteiger partial charge < -0.3 is 10.4 Å². The van der Waals surface area contributed by atoms with Crippen molar-refractivity contribution in [2.45, 2.75) is 18.6 Å². The normalized spacial score (nSPS) is 19.5. The molecule has 23 heavy (non-hydrogen) atoms. The molecular formula is C20H17NO2. The van der Waals surface area contributed by atoms with E-state index in [1.807, 2.05) is 66.7 Å². The smallest absolute Gasteiger partial charge is 0.251 e. The Hall–Kier alpha value is -2.65. The van der Waals surface area contributed by atoms with Crippen LogP contribution in [0.3, 0.4) is 0 Å². The van der Waals surface area contributed by atoms with Crippen molar-refractivity contribution in [1.29, 1.82) is 0 Å². The van der Waals surface area contributed by atoms with E-state index >= 15 is 0 Å². The van der Waals surface area contributed by atoms with Crippen molar-refractivity contribution in [3.63, 3.8) is 0 Å². The monoisotopic (exact) mass is 303 g/mol. The van der Waals surface area contributed by atoms with Gasteiger partial charge in [0.2, 0.25) is 0 Å². The van der Waals surface area contributed by atoms with Gasteiger partial charge in [0.25, 0.3) is 5.91 Å². The molecular weight excluding hydrogens is 286 g/mol. The number of benzene rings is 3. The minimum absolute atomic E-state index is 0.156. The highest BCUT2D eigenvalue weighted by atomic mass is 16.3. The third-order valence-corrected chi connectivity index (χ3v) is 4.50. The summed E-state index contributed by atoms with van der Waals surface area (Å²) in [5, 5.41) is 15.4. The Morgan fingerprint density at radius 3 is 2.57 bits per heavy atom. The van der Waals surface area contributed by atoms with Crippen molar-refractivity contribution in [3.8, 4) is 0 Å². The van der Waals surface area contributed by atoms with E-state index in [0.717, 1.165) is 21.9 Å². The van der Waals surface area contributed by atoms with E-state index in [9.17, 15) is 9.90 Å². The van der Waals surface area contributed by atoms with Crippen LogP contribution in [0.25, 0.3) is 10.8 Å². The van der Waals surface area contributed by atoms with Crippen LogP contribution in [0.4, 0.5) is 0 Å². The Bertz CT molecular complexity index is 887. The first-order valence-electron chi connectivity index (χ1n) is 7.78. The van der Waals surface area contributed by atoms with Gasteiger partial charge in [-0.05, 0) is 34.0 Å². The van der Waals surface area contributed by atoms with Crippen LogP contribution in [-0.4, -0.2) is 17.1 Å². The third-order valence-electron chi connectivity index (χ3n) is 4.50. The van der Waals surface area contributed by atoms with Crippen LogP contribution in [0.1, 0.15) is 27.5 Å². The summed E-state index contributed by atoms with van der Waals surface area (Å²) in [6.45, 7) is 0. The molecule has 2 N–H and O–H groups in total. The third kappa shape index (κ3) is 2.49. The van der Waals surface area contributed by atoms with E-state index in [1.54, 1.807) is 0 Å². The molecule has 1 aliphatic rings. The molecule has 0 aliphatic heterocycles. The highest BCUT2D eigenvalue weighted by Crippen LogP contribution is 2.31. The van der Waals surface area contributed by atoms with Crippen molar-refractivity contribution < 1.29 is 9.90 Å². The lowest BCUT2D eigenvalue weighted by molar-refractivity contribution is 0.0858. The summed E-state index contributed by atoms with van der Waals surface area (Å²) >= 11 is 0. The van der Waals surface area contributed by atoms with Gasteiger partial charge in [-0.1, -0.05) is 54.6 Å².